The molecule has 1 aliphatic rings. The van der Waals surface area contributed by atoms with Crippen LogP contribution in [0.1, 0.15) is 39.0 Å². The van der Waals surface area contributed by atoms with Crippen LogP contribution in [0.5, 0.6) is 0 Å². The molecule has 6 heteroatoms. The molecule has 1 heterocycles. The molecule has 0 aliphatic heterocycles. The van der Waals surface area contributed by atoms with Gasteiger partial charge >= 0.3 is 0 Å². The number of hydrogen-bond acceptors (Lipinski definition) is 4. The molecule has 0 bridgehead atoms. The molecule has 1 N–H and O–H groups in total. The summed E-state index contributed by atoms with van der Waals surface area (Å²) in [6.45, 7) is 3.21. The zero-order chi connectivity index (χ0) is 15.2. The molecule has 0 aromatic carbocycles. The Kier molecular flexibility index (Phi) is 6.23. The van der Waals surface area contributed by atoms with E-state index in [1.54, 1.807) is 13.3 Å². The summed E-state index contributed by atoms with van der Waals surface area (Å²) in [5, 5.41) is 7.67. The minimum Gasteiger partial charge on any atom is -0.383 e. The third-order valence-corrected chi connectivity index (χ3v) is 5.04. The number of nitrogens with one attached hydrogen (secondary N) is 1. The van der Waals surface area contributed by atoms with Crippen molar-refractivity contribution in [2.24, 2.45) is 5.92 Å². The van der Waals surface area contributed by atoms with Gasteiger partial charge in [-0.2, -0.15) is 5.10 Å². The van der Waals surface area contributed by atoms with Gasteiger partial charge < -0.3 is 10.1 Å². The molecule has 0 amide bonds. The number of nitrogens with zero attached hydrogens (tertiary/aromatic N) is 2. The lowest BCUT2D eigenvalue weighted by Gasteiger charge is -2.29. The van der Waals surface area contributed by atoms with Crippen LogP contribution in [0.2, 0.25) is 0 Å². The van der Waals surface area contributed by atoms with Gasteiger partial charge in [0.05, 0.1) is 25.0 Å². The average Bonchev–Trinajstić information content (AvgIpc) is 2.52. The standard InChI is InChI=1S/C15H24BrN3O2/c1-3-11-4-6-12(7-5-11)18-13-10-17-19(8-9-21-2)15(20)14(13)16/h10-12,18H,3-9H2,1-2H3. The number of aromatic nitrogens is 2. The van der Waals surface area contributed by atoms with Crippen molar-refractivity contribution >= 4 is 21.6 Å². The molecule has 118 valence electrons. The Morgan fingerprint density at radius 1 is 1.43 bits per heavy atom. The summed E-state index contributed by atoms with van der Waals surface area (Å²) >= 11 is 3.40. The smallest absolute Gasteiger partial charge is 0.283 e. The number of anilines is 1. The summed E-state index contributed by atoms with van der Waals surface area (Å²) in [5.41, 5.74) is 0.688. The van der Waals surface area contributed by atoms with Gasteiger partial charge in [0.25, 0.3) is 5.56 Å². The Balaban J connectivity index is 2.01. The van der Waals surface area contributed by atoms with Crippen LogP contribution in [0.25, 0.3) is 0 Å². The number of methoxy groups -OCH3 is 1. The molecule has 1 aliphatic carbocycles. The molecule has 0 saturated heterocycles. The van der Waals surface area contributed by atoms with Gasteiger partial charge in [0.1, 0.15) is 4.47 Å². The van der Waals surface area contributed by atoms with Crippen LogP contribution < -0.4 is 10.9 Å². The van der Waals surface area contributed by atoms with Crippen LogP contribution in [-0.2, 0) is 11.3 Å². The van der Waals surface area contributed by atoms with E-state index in [0.29, 0.717) is 23.7 Å². The molecule has 2 rings (SSSR count). The maximum atomic E-state index is 12.2. The van der Waals surface area contributed by atoms with E-state index in [4.69, 9.17) is 4.74 Å². The second-order valence-electron chi connectivity index (χ2n) is 5.66. The van der Waals surface area contributed by atoms with Gasteiger partial charge in [-0.1, -0.05) is 13.3 Å². The number of halogens is 1. The fraction of sp³-hybridized carbons (Fsp3) is 0.733. The largest absolute Gasteiger partial charge is 0.383 e. The topological polar surface area (TPSA) is 56.1 Å². The monoisotopic (exact) mass is 357 g/mol. The molecule has 1 aromatic rings. The SMILES string of the molecule is CCC1CCC(Nc2cnn(CCOC)c(=O)c2Br)CC1. The first-order valence-corrected chi connectivity index (χ1v) is 8.46. The molecule has 0 unspecified atom stereocenters. The van der Waals surface area contributed by atoms with Gasteiger partial charge in [-0.25, -0.2) is 4.68 Å². The molecular weight excluding hydrogens is 334 g/mol. The van der Waals surface area contributed by atoms with Crippen molar-refractivity contribution in [1.29, 1.82) is 0 Å². The quantitative estimate of drug-likeness (QED) is 0.849. The lowest BCUT2D eigenvalue weighted by molar-refractivity contribution is 0.181. The molecule has 5 nitrogen and oxygen atoms in total. The van der Waals surface area contributed by atoms with Crippen molar-refractivity contribution in [2.75, 3.05) is 19.0 Å². The minimum absolute atomic E-state index is 0.112. The van der Waals surface area contributed by atoms with E-state index >= 15 is 0 Å². The molecule has 0 atom stereocenters. The summed E-state index contributed by atoms with van der Waals surface area (Å²) in [7, 11) is 1.61. The first kappa shape index (κ1) is 16.5. The van der Waals surface area contributed by atoms with Crippen molar-refractivity contribution in [3.8, 4) is 0 Å². The van der Waals surface area contributed by atoms with Gasteiger partial charge in [-0.05, 0) is 47.5 Å². The Hall–Kier alpha value is -0.880. The molecule has 21 heavy (non-hydrogen) atoms. The lowest BCUT2D eigenvalue weighted by Crippen LogP contribution is -2.30. The highest BCUT2D eigenvalue weighted by Gasteiger charge is 2.21. The Morgan fingerprint density at radius 2 is 2.14 bits per heavy atom. The number of rotatable bonds is 6. The van der Waals surface area contributed by atoms with Crippen molar-refractivity contribution in [2.45, 2.75) is 51.6 Å². The second-order valence-corrected chi connectivity index (χ2v) is 6.46. The van der Waals surface area contributed by atoms with Crippen LogP contribution in [-0.4, -0.2) is 29.5 Å². The van der Waals surface area contributed by atoms with Gasteiger partial charge in [0, 0.05) is 13.2 Å². The van der Waals surface area contributed by atoms with E-state index in [-0.39, 0.29) is 5.56 Å². The van der Waals surface area contributed by atoms with Gasteiger partial charge in [0.15, 0.2) is 0 Å². The summed E-state index contributed by atoms with van der Waals surface area (Å²) < 4.78 is 6.97. The highest BCUT2D eigenvalue weighted by molar-refractivity contribution is 9.10. The Bertz CT molecular complexity index is 510. The molecular formula is C15H24BrN3O2. The minimum atomic E-state index is -0.112. The summed E-state index contributed by atoms with van der Waals surface area (Å²) in [6.07, 6.45) is 7.87. The normalized spacial score (nSPS) is 22.2. The molecule has 1 saturated carbocycles. The van der Waals surface area contributed by atoms with Crippen molar-refractivity contribution in [3.05, 3.63) is 21.0 Å². The average molecular weight is 358 g/mol. The molecule has 1 fully saturated rings. The number of ether oxygens (including phenoxy) is 1. The molecule has 0 spiro atoms. The van der Waals surface area contributed by atoms with E-state index in [1.807, 2.05) is 0 Å². The van der Waals surface area contributed by atoms with Crippen molar-refractivity contribution in [1.82, 2.24) is 9.78 Å². The van der Waals surface area contributed by atoms with Gasteiger partial charge in [-0.15, -0.1) is 0 Å². The zero-order valence-electron chi connectivity index (χ0n) is 12.8. The van der Waals surface area contributed by atoms with Gasteiger partial charge in [-0.3, -0.25) is 4.79 Å². The highest BCUT2D eigenvalue weighted by Crippen LogP contribution is 2.29. The Labute approximate surface area is 134 Å². The summed E-state index contributed by atoms with van der Waals surface area (Å²) in [6, 6.07) is 0.445. The predicted molar refractivity (Wildman–Crippen MR) is 87.7 cm³/mol. The van der Waals surface area contributed by atoms with E-state index in [1.165, 1.54) is 23.9 Å². The van der Waals surface area contributed by atoms with Crippen LogP contribution in [0.4, 0.5) is 5.69 Å². The highest BCUT2D eigenvalue weighted by atomic mass is 79.9. The fourth-order valence-electron chi connectivity index (χ4n) is 2.84. The van der Waals surface area contributed by atoms with Crippen LogP contribution in [0.15, 0.2) is 15.5 Å². The van der Waals surface area contributed by atoms with Gasteiger partial charge in [0.2, 0.25) is 0 Å². The number of hydrogen-bond donors (Lipinski definition) is 1. The summed E-state index contributed by atoms with van der Waals surface area (Å²) in [4.78, 5) is 12.2. The third kappa shape index (κ3) is 4.30. The first-order valence-electron chi connectivity index (χ1n) is 7.66. The third-order valence-electron chi connectivity index (χ3n) is 4.28. The predicted octanol–water partition coefficient (Wildman–Crippen LogP) is 3.03. The Morgan fingerprint density at radius 3 is 2.76 bits per heavy atom. The zero-order valence-corrected chi connectivity index (χ0v) is 14.4. The van der Waals surface area contributed by atoms with Crippen LogP contribution in [0, 0.1) is 5.92 Å². The molecule has 0 radical (unpaired) electrons. The fourth-order valence-corrected chi connectivity index (χ4v) is 3.26. The van der Waals surface area contributed by atoms with E-state index in [0.717, 1.165) is 24.4 Å². The van der Waals surface area contributed by atoms with E-state index in [2.05, 4.69) is 33.3 Å². The van der Waals surface area contributed by atoms with Crippen LogP contribution >= 0.6 is 15.9 Å². The van der Waals surface area contributed by atoms with Crippen LogP contribution in [0.3, 0.4) is 0 Å². The van der Waals surface area contributed by atoms with Crippen molar-refractivity contribution in [3.63, 3.8) is 0 Å². The maximum absolute atomic E-state index is 12.2. The lowest BCUT2D eigenvalue weighted by atomic mass is 9.84. The van der Waals surface area contributed by atoms with Crippen molar-refractivity contribution < 1.29 is 4.74 Å². The van der Waals surface area contributed by atoms with E-state index in [9.17, 15) is 4.79 Å². The maximum Gasteiger partial charge on any atom is 0.283 e. The molecule has 1 aromatic heterocycles. The van der Waals surface area contributed by atoms with E-state index < -0.39 is 0 Å². The summed E-state index contributed by atoms with van der Waals surface area (Å²) in [5.74, 6) is 0.867. The first-order chi connectivity index (χ1) is 10.2. The second kappa shape index (κ2) is 7.94.